The molecule has 0 radical (unpaired) electrons. The van der Waals surface area contributed by atoms with Crippen LogP contribution in [0, 0.1) is 6.92 Å². The lowest BCUT2D eigenvalue weighted by Crippen LogP contribution is -2.00. The van der Waals surface area contributed by atoms with Gasteiger partial charge in [-0.25, -0.2) is 4.79 Å². The summed E-state index contributed by atoms with van der Waals surface area (Å²) in [5.41, 5.74) is 1.06. The summed E-state index contributed by atoms with van der Waals surface area (Å²) in [7, 11) is 1.58. The summed E-state index contributed by atoms with van der Waals surface area (Å²) in [5.74, 6) is -0.205. The molecular weight excluding hydrogens is 204 g/mol. The number of carboxylic acid groups (broad SMARTS) is 1. The number of rotatable bonds is 2. The minimum absolute atomic E-state index is 0.317. The molecule has 0 saturated carbocycles. The molecule has 82 valence electrons. The molecule has 0 heterocycles. The van der Waals surface area contributed by atoms with Crippen molar-refractivity contribution < 1.29 is 14.6 Å². The molecule has 3 heteroatoms. The molecule has 2 rings (SSSR count). The highest BCUT2D eigenvalue weighted by Crippen LogP contribution is 2.30. The van der Waals surface area contributed by atoms with E-state index >= 15 is 0 Å². The largest absolute Gasteiger partial charge is 0.496 e. The van der Waals surface area contributed by atoms with Gasteiger partial charge in [-0.3, -0.25) is 0 Å². The van der Waals surface area contributed by atoms with Crippen LogP contribution < -0.4 is 4.74 Å². The van der Waals surface area contributed by atoms with Crippen molar-refractivity contribution in [3.63, 3.8) is 0 Å². The fourth-order valence-corrected chi connectivity index (χ4v) is 1.92. The van der Waals surface area contributed by atoms with Gasteiger partial charge in [0.15, 0.2) is 0 Å². The van der Waals surface area contributed by atoms with Crippen LogP contribution in [0.25, 0.3) is 10.8 Å². The summed E-state index contributed by atoms with van der Waals surface area (Å²) in [6.45, 7) is 1.80. The predicted molar refractivity (Wildman–Crippen MR) is 62.2 cm³/mol. The van der Waals surface area contributed by atoms with Crippen LogP contribution in [0.2, 0.25) is 0 Å². The van der Waals surface area contributed by atoms with Crippen molar-refractivity contribution in [3.8, 4) is 5.75 Å². The molecule has 0 aliphatic rings. The van der Waals surface area contributed by atoms with E-state index in [4.69, 9.17) is 9.84 Å². The maximum atomic E-state index is 11.0. The molecule has 0 spiro atoms. The number of methoxy groups -OCH3 is 1. The fraction of sp³-hybridized carbons (Fsp3) is 0.154. The standard InChI is InChI=1S/C13H12O3/c1-8-10(13(14)15)7-6-9-4-3-5-11(16-2)12(8)9/h3-7H,1-2H3,(H,14,15). The highest BCUT2D eigenvalue weighted by molar-refractivity contribution is 6.00. The lowest BCUT2D eigenvalue weighted by molar-refractivity contribution is 0.0696. The summed E-state index contributed by atoms with van der Waals surface area (Å²) in [6, 6.07) is 9.09. The van der Waals surface area contributed by atoms with Gasteiger partial charge in [0.25, 0.3) is 0 Å². The van der Waals surface area contributed by atoms with Crippen molar-refractivity contribution >= 4 is 16.7 Å². The maximum Gasteiger partial charge on any atom is 0.335 e. The van der Waals surface area contributed by atoms with E-state index in [1.54, 1.807) is 26.2 Å². The highest BCUT2D eigenvalue weighted by atomic mass is 16.5. The Morgan fingerprint density at radius 3 is 2.62 bits per heavy atom. The van der Waals surface area contributed by atoms with E-state index in [0.29, 0.717) is 11.3 Å². The Morgan fingerprint density at radius 1 is 1.25 bits per heavy atom. The Bertz CT molecular complexity index is 558. The lowest BCUT2D eigenvalue weighted by atomic mass is 9.99. The summed E-state index contributed by atoms with van der Waals surface area (Å²) < 4.78 is 5.25. The molecule has 0 bridgehead atoms. The van der Waals surface area contributed by atoms with E-state index in [1.807, 2.05) is 18.2 Å². The second-order valence-corrected chi connectivity index (χ2v) is 3.60. The van der Waals surface area contributed by atoms with Crippen molar-refractivity contribution in [2.75, 3.05) is 7.11 Å². The number of carbonyl (C=O) groups is 1. The zero-order valence-electron chi connectivity index (χ0n) is 9.15. The van der Waals surface area contributed by atoms with E-state index in [-0.39, 0.29) is 0 Å². The van der Waals surface area contributed by atoms with Gasteiger partial charge in [0.05, 0.1) is 12.7 Å². The number of aryl methyl sites for hydroxylation is 1. The Hall–Kier alpha value is -2.03. The molecule has 0 atom stereocenters. The average Bonchev–Trinajstić information content (AvgIpc) is 2.28. The maximum absolute atomic E-state index is 11.0. The van der Waals surface area contributed by atoms with Gasteiger partial charge in [-0.15, -0.1) is 0 Å². The third kappa shape index (κ3) is 1.50. The van der Waals surface area contributed by atoms with Crippen LogP contribution in [0.3, 0.4) is 0 Å². The Morgan fingerprint density at radius 2 is 2.00 bits per heavy atom. The zero-order valence-corrected chi connectivity index (χ0v) is 9.15. The first-order valence-corrected chi connectivity index (χ1v) is 4.94. The summed E-state index contributed by atoms with van der Waals surface area (Å²) in [4.78, 5) is 11.0. The summed E-state index contributed by atoms with van der Waals surface area (Å²) >= 11 is 0. The number of ether oxygens (including phenoxy) is 1. The van der Waals surface area contributed by atoms with Gasteiger partial charge in [-0.05, 0) is 30.0 Å². The molecule has 0 aromatic heterocycles. The van der Waals surface area contributed by atoms with Crippen LogP contribution in [0.1, 0.15) is 15.9 Å². The average molecular weight is 216 g/mol. The summed E-state index contributed by atoms with van der Waals surface area (Å²) in [5, 5.41) is 10.9. The molecule has 3 nitrogen and oxygen atoms in total. The molecule has 1 N–H and O–H groups in total. The number of hydrogen-bond donors (Lipinski definition) is 1. The molecule has 0 unspecified atom stereocenters. The first-order chi connectivity index (χ1) is 7.65. The molecular formula is C13H12O3. The van der Waals surface area contributed by atoms with Crippen LogP contribution in [0.15, 0.2) is 30.3 Å². The Labute approximate surface area is 93.3 Å². The zero-order chi connectivity index (χ0) is 11.7. The van der Waals surface area contributed by atoms with Crippen molar-refractivity contribution in [1.29, 1.82) is 0 Å². The molecule has 2 aromatic rings. The fourth-order valence-electron chi connectivity index (χ4n) is 1.92. The quantitative estimate of drug-likeness (QED) is 0.839. The van der Waals surface area contributed by atoms with Crippen LogP contribution in [-0.2, 0) is 0 Å². The van der Waals surface area contributed by atoms with Gasteiger partial charge in [0.1, 0.15) is 5.75 Å². The summed E-state index contributed by atoms with van der Waals surface area (Å²) in [6.07, 6.45) is 0. The van der Waals surface area contributed by atoms with Crippen LogP contribution in [-0.4, -0.2) is 18.2 Å². The molecule has 0 saturated heterocycles. The number of hydrogen-bond acceptors (Lipinski definition) is 2. The minimum atomic E-state index is -0.912. The van der Waals surface area contributed by atoms with Gasteiger partial charge in [-0.1, -0.05) is 18.2 Å². The normalized spacial score (nSPS) is 10.4. The van der Waals surface area contributed by atoms with Gasteiger partial charge in [-0.2, -0.15) is 0 Å². The number of aromatic carboxylic acids is 1. The second-order valence-electron chi connectivity index (χ2n) is 3.60. The van der Waals surface area contributed by atoms with E-state index < -0.39 is 5.97 Å². The molecule has 0 aliphatic carbocycles. The van der Waals surface area contributed by atoms with Crippen molar-refractivity contribution in [1.82, 2.24) is 0 Å². The van der Waals surface area contributed by atoms with Crippen LogP contribution in [0.5, 0.6) is 5.75 Å². The van der Waals surface area contributed by atoms with Crippen LogP contribution in [0.4, 0.5) is 0 Å². The third-order valence-electron chi connectivity index (χ3n) is 2.72. The first kappa shape index (κ1) is 10.5. The topological polar surface area (TPSA) is 46.5 Å². The van der Waals surface area contributed by atoms with Gasteiger partial charge < -0.3 is 9.84 Å². The number of carboxylic acids is 1. The lowest BCUT2D eigenvalue weighted by Gasteiger charge is -2.10. The molecule has 16 heavy (non-hydrogen) atoms. The van der Waals surface area contributed by atoms with E-state index in [2.05, 4.69) is 0 Å². The van der Waals surface area contributed by atoms with Crippen molar-refractivity contribution in [3.05, 3.63) is 41.5 Å². The predicted octanol–water partition coefficient (Wildman–Crippen LogP) is 2.86. The molecule has 0 fully saturated rings. The van der Waals surface area contributed by atoms with Gasteiger partial charge in [0, 0.05) is 5.39 Å². The minimum Gasteiger partial charge on any atom is -0.496 e. The third-order valence-corrected chi connectivity index (χ3v) is 2.72. The highest BCUT2D eigenvalue weighted by Gasteiger charge is 2.12. The van der Waals surface area contributed by atoms with Crippen molar-refractivity contribution in [2.24, 2.45) is 0 Å². The van der Waals surface area contributed by atoms with Gasteiger partial charge >= 0.3 is 5.97 Å². The molecule has 0 aliphatic heterocycles. The van der Waals surface area contributed by atoms with E-state index in [1.165, 1.54) is 0 Å². The Balaban J connectivity index is 2.86. The number of fused-ring (bicyclic) bond motifs is 1. The van der Waals surface area contributed by atoms with Crippen molar-refractivity contribution in [2.45, 2.75) is 6.92 Å². The smallest absolute Gasteiger partial charge is 0.335 e. The molecule has 0 amide bonds. The Kier molecular flexibility index (Phi) is 2.52. The van der Waals surface area contributed by atoms with E-state index in [9.17, 15) is 4.79 Å². The van der Waals surface area contributed by atoms with E-state index in [0.717, 1.165) is 16.3 Å². The van der Waals surface area contributed by atoms with Gasteiger partial charge in [0.2, 0.25) is 0 Å². The SMILES string of the molecule is COc1cccc2ccc(C(=O)O)c(C)c12. The van der Waals surface area contributed by atoms with Crippen LogP contribution >= 0.6 is 0 Å². The monoisotopic (exact) mass is 216 g/mol. The molecule has 2 aromatic carbocycles. The second kappa shape index (κ2) is 3.85. The number of benzene rings is 2. The first-order valence-electron chi connectivity index (χ1n) is 4.94.